The van der Waals surface area contributed by atoms with E-state index in [1.54, 1.807) is 0 Å². The van der Waals surface area contributed by atoms with E-state index in [-0.39, 0.29) is 26.4 Å². The van der Waals surface area contributed by atoms with Crippen LogP contribution >= 0.6 is 27.5 Å². The van der Waals surface area contributed by atoms with Gasteiger partial charge in [0, 0.05) is 16.8 Å². The summed E-state index contributed by atoms with van der Waals surface area (Å²) in [6.45, 7) is 1.30. The van der Waals surface area contributed by atoms with E-state index < -0.39 is 42.6 Å². The third kappa shape index (κ3) is 6.89. The van der Waals surface area contributed by atoms with E-state index >= 15 is 0 Å². The van der Waals surface area contributed by atoms with Crippen molar-refractivity contribution >= 4 is 57.0 Å². The fourth-order valence-electron chi connectivity index (χ4n) is 3.85. The van der Waals surface area contributed by atoms with E-state index in [1.807, 2.05) is 0 Å². The smallest absolute Gasteiger partial charge is 0.305 e. The van der Waals surface area contributed by atoms with Crippen LogP contribution in [0.15, 0.2) is 40.1 Å². The van der Waals surface area contributed by atoms with E-state index in [1.165, 1.54) is 30.6 Å². The van der Waals surface area contributed by atoms with Crippen molar-refractivity contribution in [3.05, 3.63) is 51.2 Å². The minimum absolute atomic E-state index is 0.116. The summed E-state index contributed by atoms with van der Waals surface area (Å²) in [5.41, 5.74) is 0.781. The number of nitrogens with one attached hydrogen (secondary N) is 4. The Morgan fingerprint density at radius 3 is 2.66 bits per heavy atom. The number of guanidine groups is 1. The summed E-state index contributed by atoms with van der Waals surface area (Å²) in [5, 5.41) is 30.9. The van der Waals surface area contributed by atoms with Crippen LogP contribution in [0, 0.1) is 0 Å². The number of ether oxygens (including phenoxy) is 2. The van der Waals surface area contributed by atoms with Crippen LogP contribution in [-0.4, -0.2) is 77.6 Å². The maximum Gasteiger partial charge on any atom is 0.305 e. The number of aromatic hydroxyl groups is 1. The average molecular weight is 612 g/mol. The molecule has 0 saturated carbocycles. The van der Waals surface area contributed by atoms with Crippen LogP contribution in [0.2, 0.25) is 5.02 Å². The summed E-state index contributed by atoms with van der Waals surface area (Å²) in [6, 6.07) is 3.23. The lowest BCUT2D eigenvalue weighted by Gasteiger charge is -2.30. The first-order chi connectivity index (χ1) is 18.1. The number of carbonyl (C=O) groups is 3. The Balaban J connectivity index is 1.34. The first-order valence-electron chi connectivity index (χ1n) is 11.4. The molecule has 0 unspecified atom stereocenters. The van der Waals surface area contributed by atoms with Gasteiger partial charge in [0.25, 0.3) is 5.91 Å². The van der Waals surface area contributed by atoms with Gasteiger partial charge in [-0.15, -0.1) is 0 Å². The Labute approximate surface area is 230 Å². The van der Waals surface area contributed by atoms with Crippen LogP contribution < -0.4 is 21.3 Å². The number of phenolic OH excluding ortho intramolecular Hbond substituents is 1. The molecule has 1 aromatic carbocycles. The Morgan fingerprint density at radius 1 is 1.21 bits per heavy atom. The number of carbonyl (C=O) groups excluding carboxylic acids is 2. The van der Waals surface area contributed by atoms with Gasteiger partial charge in [0.1, 0.15) is 5.75 Å². The number of amides is 2. The Bertz CT molecular complexity index is 1270. The van der Waals surface area contributed by atoms with Crippen LogP contribution in [0.5, 0.6) is 5.75 Å². The Kier molecular flexibility index (Phi) is 8.66. The molecule has 0 radical (unpaired) electrons. The van der Waals surface area contributed by atoms with Gasteiger partial charge in [-0.3, -0.25) is 19.4 Å². The molecule has 2 aliphatic rings. The predicted molar refractivity (Wildman–Crippen MR) is 139 cm³/mol. The number of phenols is 1. The third-order valence-electron chi connectivity index (χ3n) is 5.64. The highest BCUT2D eigenvalue weighted by atomic mass is 79.9. The molecule has 4 rings (SSSR count). The van der Waals surface area contributed by atoms with Crippen molar-refractivity contribution in [3.63, 3.8) is 0 Å². The summed E-state index contributed by atoms with van der Waals surface area (Å²) in [5.74, 6) is -3.00. The number of aliphatic imine (C=N–C) groups is 1. The lowest BCUT2D eigenvalue weighted by atomic mass is 10.0. The molecule has 1 saturated heterocycles. The normalized spacial score (nSPS) is 16.7. The standard InChI is InChI=1S/C23H24BrClN6O7/c24-16-5-13(25)4-15(20(16)35)17(6-19(33)34)31-18(32)9-27-21(36)12-3-14(8-26-7-12)30-22-28-10-23(11-29-22)37-1-2-38-23/h3-5,7-8,17,35H,1-2,6,9-11H2,(H,27,36)(H,31,32)(H,33,34)(H2,28,29,30)/t17-/m0/s1. The quantitative estimate of drug-likeness (QED) is 0.255. The first kappa shape index (κ1) is 27.6. The number of pyridine rings is 1. The zero-order chi connectivity index (χ0) is 27.3. The molecule has 0 bridgehead atoms. The van der Waals surface area contributed by atoms with Crippen LogP contribution in [0.4, 0.5) is 5.69 Å². The van der Waals surface area contributed by atoms with Crippen molar-refractivity contribution < 1.29 is 34.1 Å². The second-order valence-electron chi connectivity index (χ2n) is 8.44. The summed E-state index contributed by atoms with van der Waals surface area (Å²) >= 11 is 9.16. The number of nitrogens with zero attached hydrogens (tertiary/aromatic N) is 2. The molecule has 2 aromatic rings. The number of benzene rings is 1. The number of rotatable bonds is 8. The minimum atomic E-state index is -1.21. The van der Waals surface area contributed by atoms with Gasteiger partial charge in [0.2, 0.25) is 11.7 Å². The largest absolute Gasteiger partial charge is 0.506 e. The predicted octanol–water partition coefficient (Wildman–Crippen LogP) is 1.38. The van der Waals surface area contributed by atoms with E-state index in [9.17, 15) is 24.6 Å². The highest BCUT2D eigenvalue weighted by Gasteiger charge is 2.39. The van der Waals surface area contributed by atoms with Crippen molar-refractivity contribution in [1.82, 2.24) is 20.9 Å². The number of hydrogen-bond donors (Lipinski definition) is 6. The number of anilines is 1. The fraction of sp³-hybridized carbons (Fsp3) is 0.348. The van der Waals surface area contributed by atoms with Crippen molar-refractivity contribution in [1.29, 1.82) is 0 Å². The molecule has 6 N–H and O–H groups in total. The van der Waals surface area contributed by atoms with Crippen LogP contribution in [0.25, 0.3) is 0 Å². The molecule has 13 nitrogen and oxygen atoms in total. The van der Waals surface area contributed by atoms with E-state index in [0.717, 1.165) is 0 Å². The molecule has 15 heteroatoms. The SMILES string of the molecule is O=C(O)C[C@H](NC(=O)CNC(=O)c1cncc(NC2=NCC3(CN2)OCCO3)c1)c1cc(Cl)cc(Br)c1O. The lowest BCUT2D eigenvalue weighted by molar-refractivity contribution is -0.144. The summed E-state index contributed by atoms with van der Waals surface area (Å²) in [7, 11) is 0. The maximum absolute atomic E-state index is 12.6. The highest BCUT2D eigenvalue weighted by molar-refractivity contribution is 9.10. The highest BCUT2D eigenvalue weighted by Crippen LogP contribution is 2.36. The van der Waals surface area contributed by atoms with Crippen LogP contribution in [-0.2, 0) is 19.1 Å². The summed E-state index contributed by atoms with van der Waals surface area (Å²) < 4.78 is 11.4. The molecule has 38 heavy (non-hydrogen) atoms. The van der Waals surface area contributed by atoms with E-state index in [2.05, 4.69) is 47.2 Å². The van der Waals surface area contributed by atoms with Gasteiger partial charge >= 0.3 is 5.97 Å². The molecule has 1 fully saturated rings. The number of carboxylic acid groups (broad SMARTS) is 1. The molecule has 1 spiro atoms. The third-order valence-corrected chi connectivity index (χ3v) is 6.46. The molecule has 2 aliphatic heterocycles. The second-order valence-corrected chi connectivity index (χ2v) is 9.73. The monoisotopic (exact) mass is 610 g/mol. The maximum atomic E-state index is 12.6. The van der Waals surface area contributed by atoms with Gasteiger partial charge in [-0.1, -0.05) is 11.6 Å². The minimum Gasteiger partial charge on any atom is -0.506 e. The van der Waals surface area contributed by atoms with Gasteiger partial charge in [-0.2, -0.15) is 0 Å². The van der Waals surface area contributed by atoms with E-state index in [0.29, 0.717) is 38.0 Å². The van der Waals surface area contributed by atoms with Crippen LogP contribution in [0.3, 0.4) is 0 Å². The lowest BCUT2D eigenvalue weighted by Crippen LogP contribution is -2.52. The second kappa shape index (κ2) is 11.9. The number of hydrogen-bond acceptors (Lipinski definition) is 10. The van der Waals surface area contributed by atoms with Crippen molar-refractivity contribution in [2.45, 2.75) is 18.2 Å². The number of aromatic nitrogens is 1. The average Bonchev–Trinajstić information content (AvgIpc) is 3.34. The first-order valence-corrected chi connectivity index (χ1v) is 12.6. The topological polar surface area (TPSA) is 183 Å². The Morgan fingerprint density at radius 2 is 1.97 bits per heavy atom. The zero-order valence-corrected chi connectivity index (χ0v) is 22.1. The zero-order valence-electron chi connectivity index (χ0n) is 19.8. The van der Waals surface area contributed by atoms with Gasteiger partial charge in [0.05, 0.1) is 67.2 Å². The number of halogens is 2. The molecule has 1 atom stereocenters. The van der Waals surface area contributed by atoms with Crippen molar-refractivity contribution in [2.75, 3.05) is 38.2 Å². The summed E-state index contributed by atoms with van der Waals surface area (Å²) in [6.07, 6.45) is 2.32. The number of carboxylic acids is 1. The van der Waals surface area contributed by atoms with Crippen LogP contribution in [0.1, 0.15) is 28.4 Å². The Hall–Kier alpha value is -3.46. The van der Waals surface area contributed by atoms with Gasteiger partial charge in [-0.25, -0.2) is 4.99 Å². The fourth-order valence-corrected chi connectivity index (χ4v) is 4.68. The van der Waals surface area contributed by atoms with Gasteiger partial charge < -0.3 is 41.0 Å². The molecule has 1 aromatic heterocycles. The molecule has 202 valence electrons. The summed E-state index contributed by atoms with van der Waals surface area (Å²) in [4.78, 5) is 45.0. The molecular formula is C23H24BrClN6O7. The van der Waals surface area contributed by atoms with Gasteiger partial charge in [-0.05, 0) is 34.1 Å². The number of aliphatic carboxylic acids is 1. The van der Waals surface area contributed by atoms with E-state index in [4.69, 9.17) is 21.1 Å². The van der Waals surface area contributed by atoms with Crippen molar-refractivity contribution in [2.24, 2.45) is 4.99 Å². The molecule has 0 aliphatic carbocycles. The molecule has 3 heterocycles. The van der Waals surface area contributed by atoms with Gasteiger partial charge in [0.15, 0.2) is 5.96 Å². The molecule has 2 amide bonds. The van der Waals surface area contributed by atoms with Crippen molar-refractivity contribution in [3.8, 4) is 5.75 Å². The molecular weight excluding hydrogens is 588 g/mol.